The molecule has 0 fully saturated rings. The van der Waals surface area contributed by atoms with Gasteiger partial charge in [0.15, 0.2) is 6.79 Å². The second-order valence-electron chi connectivity index (χ2n) is 6.32. The molecule has 13 nitrogen and oxygen atoms in total. The number of hydrogen-bond acceptors (Lipinski definition) is 13. The van der Waals surface area contributed by atoms with E-state index in [-0.39, 0.29) is 40.7 Å². The Hall–Kier alpha value is -4.53. The molecule has 1 aromatic carbocycles. The number of nitrogens with zero attached hydrogens (tertiary/aromatic N) is 4. The molecule has 0 N–H and O–H groups in total. The molecule has 0 spiro atoms. The predicted molar refractivity (Wildman–Crippen MR) is 114 cm³/mol. The van der Waals surface area contributed by atoms with E-state index in [1.807, 2.05) is 0 Å². The van der Waals surface area contributed by atoms with Crippen molar-refractivity contribution < 1.29 is 51.5 Å². The Labute approximate surface area is 202 Å². The second kappa shape index (κ2) is 12.3. The number of halogens is 2. The van der Waals surface area contributed by atoms with Crippen LogP contribution in [0, 0.1) is 0 Å². The Bertz CT molecular complexity index is 1180. The van der Waals surface area contributed by atoms with E-state index in [2.05, 4.69) is 24.7 Å². The summed E-state index contributed by atoms with van der Waals surface area (Å²) in [5.74, 6) is -1.60. The smallest absolute Gasteiger partial charge is 0.388 e. The molecule has 3 aromatic rings. The average molecular weight is 510 g/mol. The van der Waals surface area contributed by atoms with Crippen LogP contribution in [0.15, 0.2) is 30.3 Å². The van der Waals surface area contributed by atoms with E-state index in [0.29, 0.717) is 0 Å². The molecule has 0 aliphatic carbocycles. The molecule has 0 aliphatic rings. The SMILES string of the molecule is COCOC(=O)c1c(Oc2nc(OC)cc(OC)n2)cccc1Oc1nc(OC)cc(OC(F)F)n1. The third-order valence-corrected chi connectivity index (χ3v) is 4.06. The van der Waals surface area contributed by atoms with Crippen LogP contribution in [0.25, 0.3) is 0 Å². The lowest BCUT2D eigenvalue weighted by molar-refractivity contribution is -0.0532. The highest BCUT2D eigenvalue weighted by molar-refractivity contribution is 5.95. The van der Waals surface area contributed by atoms with Crippen LogP contribution in [-0.4, -0.2) is 67.7 Å². The highest BCUT2D eigenvalue weighted by Crippen LogP contribution is 2.35. The van der Waals surface area contributed by atoms with Crippen molar-refractivity contribution in [1.82, 2.24) is 19.9 Å². The van der Waals surface area contributed by atoms with Gasteiger partial charge >= 0.3 is 24.6 Å². The summed E-state index contributed by atoms with van der Waals surface area (Å²) in [6.45, 7) is -3.55. The maximum absolute atomic E-state index is 12.9. The van der Waals surface area contributed by atoms with E-state index in [4.69, 9.17) is 33.2 Å². The molecular formula is C21H20F2N4O9. The number of benzene rings is 1. The van der Waals surface area contributed by atoms with E-state index in [9.17, 15) is 13.6 Å². The van der Waals surface area contributed by atoms with Gasteiger partial charge in [0, 0.05) is 7.11 Å². The Kier molecular flexibility index (Phi) is 8.88. The number of ether oxygens (including phenoxy) is 8. The van der Waals surface area contributed by atoms with Crippen molar-refractivity contribution >= 4 is 5.97 Å². The summed E-state index contributed by atoms with van der Waals surface area (Å²) in [7, 11) is 5.34. The van der Waals surface area contributed by atoms with Crippen molar-refractivity contribution in [3.05, 3.63) is 35.9 Å². The molecule has 36 heavy (non-hydrogen) atoms. The summed E-state index contributed by atoms with van der Waals surface area (Å²) in [4.78, 5) is 28.6. The van der Waals surface area contributed by atoms with Crippen molar-refractivity contribution in [3.8, 4) is 47.0 Å². The van der Waals surface area contributed by atoms with Crippen molar-refractivity contribution in [2.24, 2.45) is 0 Å². The van der Waals surface area contributed by atoms with E-state index in [1.165, 1.54) is 52.7 Å². The first-order chi connectivity index (χ1) is 17.4. The fourth-order valence-corrected chi connectivity index (χ4v) is 2.59. The standard InChI is InChI=1S/C21H20F2N4O9/c1-29-10-33-18(28)17-11(34-20-24-13(30-2)8-14(25-20)31-3)6-5-7-12(17)35-21-26-15(32-4)9-16(27-21)36-19(22)23/h5-9,19H,10H2,1-4H3. The molecule has 0 unspecified atom stereocenters. The number of rotatable bonds is 12. The van der Waals surface area contributed by atoms with Crippen LogP contribution in [0.5, 0.6) is 47.0 Å². The van der Waals surface area contributed by atoms with Crippen LogP contribution in [0.3, 0.4) is 0 Å². The highest BCUT2D eigenvalue weighted by Gasteiger charge is 2.24. The maximum Gasteiger partial charge on any atom is 0.388 e. The minimum atomic E-state index is -3.16. The molecule has 2 aromatic heterocycles. The minimum absolute atomic E-state index is 0.101. The summed E-state index contributed by atoms with van der Waals surface area (Å²) in [5, 5.41) is 0. The highest BCUT2D eigenvalue weighted by atomic mass is 19.3. The first kappa shape index (κ1) is 26.1. The number of methoxy groups -OCH3 is 4. The maximum atomic E-state index is 12.9. The van der Waals surface area contributed by atoms with E-state index < -0.39 is 31.3 Å². The molecule has 0 amide bonds. The Morgan fingerprint density at radius 1 is 0.806 bits per heavy atom. The van der Waals surface area contributed by atoms with E-state index in [0.717, 1.165) is 6.07 Å². The van der Waals surface area contributed by atoms with E-state index >= 15 is 0 Å². The number of alkyl halides is 2. The quantitative estimate of drug-likeness (QED) is 0.260. The fraction of sp³-hybridized carbons (Fsp3) is 0.286. The van der Waals surface area contributed by atoms with Crippen LogP contribution in [0.4, 0.5) is 8.78 Å². The summed E-state index contributed by atoms with van der Waals surface area (Å²) < 4.78 is 65.9. The molecule has 15 heteroatoms. The normalized spacial score (nSPS) is 10.5. The number of carbonyl (C=O) groups excluding carboxylic acids is 1. The largest absolute Gasteiger partial charge is 0.481 e. The van der Waals surface area contributed by atoms with Gasteiger partial charge < -0.3 is 37.9 Å². The molecule has 192 valence electrons. The molecule has 0 saturated carbocycles. The minimum Gasteiger partial charge on any atom is -0.481 e. The van der Waals surface area contributed by atoms with Crippen molar-refractivity contribution in [3.63, 3.8) is 0 Å². The zero-order valence-electron chi connectivity index (χ0n) is 19.4. The molecule has 0 atom stereocenters. The zero-order valence-corrected chi connectivity index (χ0v) is 19.4. The topological polar surface area (TPSA) is 142 Å². The van der Waals surface area contributed by atoms with Gasteiger partial charge in [0.2, 0.25) is 23.5 Å². The fourth-order valence-electron chi connectivity index (χ4n) is 2.59. The molecule has 0 saturated heterocycles. The summed E-state index contributed by atoms with van der Waals surface area (Å²) in [6, 6.07) is 5.98. The lowest BCUT2D eigenvalue weighted by Crippen LogP contribution is -2.11. The average Bonchev–Trinajstić information content (AvgIpc) is 2.86. The number of carbonyl (C=O) groups is 1. The van der Waals surface area contributed by atoms with Gasteiger partial charge in [0.1, 0.15) is 17.1 Å². The Morgan fingerprint density at radius 2 is 1.28 bits per heavy atom. The van der Waals surface area contributed by atoms with Gasteiger partial charge in [-0.05, 0) is 12.1 Å². The van der Waals surface area contributed by atoms with Crippen LogP contribution >= 0.6 is 0 Å². The van der Waals surface area contributed by atoms with Crippen molar-refractivity contribution in [1.29, 1.82) is 0 Å². The van der Waals surface area contributed by atoms with Gasteiger partial charge in [0.25, 0.3) is 0 Å². The summed E-state index contributed by atoms with van der Waals surface area (Å²) >= 11 is 0. The van der Waals surface area contributed by atoms with Gasteiger partial charge in [-0.25, -0.2) is 4.79 Å². The number of esters is 1. The van der Waals surface area contributed by atoms with Gasteiger partial charge in [-0.2, -0.15) is 28.7 Å². The summed E-state index contributed by atoms with van der Waals surface area (Å²) in [5.41, 5.74) is -0.248. The predicted octanol–water partition coefficient (Wildman–Crippen LogP) is 3.24. The lowest BCUT2D eigenvalue weighted by Gasteiger charge is -2.15. The number of aromatic nitrogens is 4. The van der Waals surface area contributed by atoms with Gasteiger partial charge in [-0.15, -0.1) is 0 Å². The molecule has 3 rings (SSSR count). The van der Waals surface area contributed by atoms with Crippen LogP contribution in [0.1, 0.15) is 10.4 Å². The first-order valence-electron chi connectivity index (χ1n) is 9.86. The zero-order chi connectivity index (χ0) is 26.1. The van der Waals surface area contributed by atoms with Crippen LogP contribution in [0.2, 0.25) is 0 Å². The first-order valence-corrected chi connectivity index (χ1v) is 9.86. The number of hydrogen-bond donors (Lipinski definition) is 0. The molecule has 2 heterocycles. The van der Waals surface area contributed by atoms with E-state index in [1.54, 1.807) is 0 Å². The van der Waals surface area contributed by atoms with Gasteiger partial charge in [-0.1, -0.05) is 6.07 Å². The van der Waals surface area contributed by atoms with Crippen molar-refractivity contribution in [2.45, 2.75) is 6.61 Å². The Balaban J connectivity index is 2.04. The second-order valence-corrected chi connectivity index (χ2v) is 6.32. The van der Waals surface area contributed by atoms with Gasteiger partial charge in [-0.3, -0.25) is 0 Å². The third kappa shape index (κ3) is 6.75. The molecular weight excluding hydrogens is 490 g/mol. The molecule has 0 aliphatic heterocycles. The monoisotopic (exact) mass is 510 g/mol. The summed E-state index contributed by atoms with van der Waals surface area (Å²) in [6.07, 6.45) is 0. The van der Waals surface area contributed by atoms with Crippen molar-refractivity contribution in [2.75, 3.05) is 35.2 Å². The molecule has 0 bridgehead atoms. The van der Waals surface area contributed by atoms with Gasteiger partial charge in [0.05, 0.1) is 33.5 Å². The lowest BCUT2D eigenvalue weighted by atomic mass is 10.2. The third-order valence-electron chi connectivity index (χ3n) is 4.06. The van der Waals surface area contributed by atoms with Crippen LogP contribution < -0.4 is 28.4 Å². The molecule has 0 radical (unpaired) electrons. The van der Waals surface area contributed by atoms with Crippen LogP contribution in [-0.2, 0) is 9.47 Å². The Morgan fingerprint density at radius 3 is 1.72 bits per heavy atom.